The molecule has 2 N–H and O–H groups in total. The summed E-state index contributed by atoms with van der Waals surface area (Å²) in [6.45, 7) is 2.67. The molecule has 0 aliphatic carbocycles. The van der Waals surface area contributed by atoms with E-state index in [9.17, 15) is 22.7 Å². The van der Waals surface area contributed by atoms with E-state index >= 15 is 0 Å². The highest BCUT2D eigenvalue weighted by atomic mass is 35.5. The van der Waals surface area contributed by atoms with E-state index in [1.54, 1.807) is 6.07 Å². The third kappa shape index (κ3) is 5.18. The van der Waals surface area contributed by atoms with Gasteiger partial charge in [-0.05, 0) is 54.7 Å². The Balaban J connectivity index is 1.74. The van der Waals surface area contributed by atoms with Crippen molar-refractivity contribution >= 4 is 27.5 Å². The summed E-state index contributed by atoms with van der Waals surface area (Å²) in [5.74, 6) is -0.800. The van der Waals surface area contributed by atoms with E-state index in [1.807, 2.05) is 6.92 Å². The van der Waals surface area contributed by atoms with E-state index < -0.39 is 27.9 Å². The molecule has 162 valence electrons. The number of benzene rings is 2. The zero-order valence-corrected chi connectivity index (χ0v) is 18.1. The van der Waals surface area contributed by atoms with Gasteiger partial charge in [-0.2, -0.15) is 4.31 Å². The zero-order chi connectivity index (χ0) is 21.9. The van der Waals surface area contributed by atoms with Gasteiger partial charge in [0.1, 0.15) is 10.7 Å². The Morgan fingerprint density at radius 2 is 2.10 bits per heavy atom. The number of hydrogen-bond donors (Lipinski definition) is 2. The molecule has 0 radical (unpaired) electrons. The highest BCUT2D eigenvalue weighted by Gasteiger charge is 2.31. The Hall–Kier alpha value is -2.00. The highest BCUT2D eigenvalue weighted by Crippen LogP contribution is 2.29. The smallest absolute Gasteiger partial charge is 0.251 e. The first-order valence-corrected chi connectivity index (χ1v) is 11.5. The number of aliphatic hydroxyl groups excluding tert-OH is 1. The Bertz CT molecular complexity index is 1030. The molecule has 2 unspecified atom stereocenters. The van der Waals surface area contributed by atoms with Crippen LogP contribution < -0.4 is 5.32 Å². The maximum atomic E-state index is 13.3. The maximum absolute atomic E-state index is 13.3. The van der Waals surface area contributed by atoms with Gasteiger partial charge in [0.2, 0.25) is 10.0 Å². The summed E-state index contributed by atoms with van der Waals surface area (Å²) in [5, 5.41) is 12.7. The van der Waals surface area contributed by atoms with E-state index in [2.05, 4.69) is 5.32 Å². The van der Waals surface area contributed by atoms with Gasteiger partial charge in [0, 0.05) is 25.2 Å². The van der Waals surface area contributed by atoms with Crippen LogP contribution in [0.5, 0.6) is 0 Å². The number of nitrogens with zero attached hydrogens (tertiary/aromatic N) is 1. The minimum atomic E-state index is -3.83. The van der Waals surface area contributed by atoms with Gasteiger partial charge in [-0.3, -0.25) is 4.79 Å². The fourth-order valence-electron chi connectivity index (χ4n) is 3.47. The van der Waals surface area contributed by atoms with Crippen molar-refractivity contribution in [3.8, 4) is 0 Å². The molecule has 1 heterocycles. The summed E-state index contributed by atoms with van der Waals surface area (Å²) in [6, 6.07) is 9.50. The minimum Gasteiger partial charge on any atom is -0.387 e. The van der Waals surface area contributed by atoms with Crippen molar-refractivity contribution in [2.75, 3.05) is 19.6 Å². The quantitative estimate of drug-likeness (QED) is 0.700. The van der Waals surface area contributed by atoms with Crippen molar-refractivity contribution in [3.63, 3.8) is 0 Å². The third-order valence-electron chi connectivity index (χ3n) is 5.12. The average Bonchev–Trinajstić information content (AvgIpc) is 2.72. The summed E-state index contributed by atoms with van der Waals surface area (Å²) in [6.07, 6.45) is 0.640. The second-order valence-corrected chi connectivity index (χ2v) is 9.85. The molecule has 2 aromatic rings. The number of carbonyl (C=O) groups is 1. The molecule has 1 saturated heterocycles. The van der Waals surface area contributed by atoms with Gasteiger partial charge in [-0.15, -0.1) is 0 Å². The van der Waals surface area contributed by atoms with Crippen LogP contribution in [0.3, 0.4) is 0 Å². The van der Waals surface area contributed by atoms with Gasteiger partial charge in [-0.1, -0.05) is 30.7 Å². The Morgan fingerprint density at radius 3 is 2.80 bits per heavy atom. The van der Waals surface area contributed by atoms with E-state index in [0.717, 1.165) is 12.8 Å². The van der Waals surface area contributed by atoms with Crippen LogP contribution in [0, 0.1) is 11.7 Å². The van der Waals surface area contributed by atoms with Crippen LogP contribution in [-0.2, 0) is 10.0 Å². The molecule has 0 bridgehead atoms. The molecule has 1 fully saturated rings. The molecule has 6 nitrogen and oxygen atoms in total. The van der Waals surface area contributed by atoms with Gasteiger partial charge >= 0.3 is 0 Å². The maximum Gasteiger partial charge on any atom is 0.251 e. The van der Waals surface area contributed by atoms with Crippen LogP contribution >= 0.6 is 11.6 Å². The fraction of sp³-hybridized carbons (Fsp3) is 0.381. The van der Waals surface area contributed by atoms with Crippen molar-refractivity contribution in [2.24, 2.45) is 5.92 Å². The van der Waals surface area contributed by atoms with E-state index in [4.69, 9.17) is 11.6 Å². The number of amides is 1. The number of halogens is 2. The monoisotopic (exact) mass is 454 g/mol. The summed E-state index contributed by atoms with van der Waals surface area (Å²) in [5.41, 5.74) is 0.434. The molecular formula is C21H24ClFN2O4S. The molecule has 3 rings (SSSR count). The molecule has 9 heteroatoms. The summed E-state index contributed by atoms with van der Waals surface area (Å²) >= 11 is 6.15. The van der Waals surface area contributed by atoms with Crippen LogP contribution in [0.1, 0.15) is 41.8 Å². The van der Waals surface area contributed by atoms with Gasteiger partial charge < -0.3 is 10.4 Å². The summed E-state index contributed by atoms with van der Waals surface area (Å²) in [7, 11) is -3.83. The first-order chi connectivity index (χ1) is 14.2. The second-order valence-electron chi connectivity index (χ2n) is 7.54. The first kappa shape index (κ1) is 22.7. The summed E-state index contributed by atoms with van der Waals surface area (Å²) in [4.78, 5) is 12.4. The van der Waals surface area contributed by atoms with Gasteiger partial charge in [-0.25, -0.2) is 12.8 Å². The van der Waals surface area contributed by atoms with Crippen molar-refractivity contribution in [1.82, 2.24) is 9.62 Å². The number of hydrogen-bond acceptors (Lipinski definition) is 4. The van der Waals surface area contributed by atoms with E-state index in [1.165, 1.54) is 40.7 Å². The van der Waals surface area contributed by atoms with Gasteiger partial charge in [0.15, 0.2) is 0 Å². The predicted molar refractivity (Wildman–Crippen MR) is 112 cm³/mol. The number of nitrogens with one attached hydrogen (secondary N) is 1. The Kier molecular flexibility index (Phi) is 7.13. The van der Waals surface area contributed by atoms with E-state index in [-0.39, 0.29) is 27.9 Å². The van der Waals surface area contributed by atoms with E-state index in [0.29, 0.717) is 18.7 Å². The molecule has 30 heavy (non-hydrogen) atoms. The lowest BCUT2D eigenvalue weighted by molar-refractivity contribution is 0.0916. The summed E-state index contributed by atoms with van der Waals surface area (Å²) < 4.78 is 40.8. The van der Waals surface area contributed by atoms with Gasteiger partial charge in [0.25, 0.3) is 5.91 Å². The molecule has 2 atom stereocenters. The largest absolute Gasteiger partial charge is 0.387 e. The number of aliphatic hydroxyl groups is 1. The lowest BCUT2D eigenvalue weighted by Gasteiger charge is -2.30. The molecule has 0 aromatic heterocycles. The number of piperidine rings is 1. The van der Waals surface area contributed by atoms with Gasteiger partial charge in [0.05, 0.1) is 11.1 Å². The first-order valence-electron chi connectivity index (χ1n) is 9.70. The highest BCUT2D eigenvalue weighted by molar-refractivity contribution is 7.89. The lowest BCUT2D eigenvalue weighted by atomic mass is 10.0. The third-order valence-corrected chi connectivity index (χ3v) is 7.47. The molecule has 1 aliphatic rings. The normalized spacial score (nSPS) is 18.7. The van der Waals surface area contributed by atoms with Crippen LogP contribution in [0.25, 0.3) is 0 Å². The average molecular weight is 455 g/mol. The minimum absolute atomic E-state index is 0.0459. The van der Waals surface area contributed by atoms with Crippen molar-refractivity contribution in [3.05, 3.63) is 64.4 Å². The van der Waals surface area contributed by atoms with Crippen LogP contribution in [0.2, 0.25) is 5.02 Å². The topological polar surface area (TPSA) is 86.7 Å². The second kappa shape index (κ2) is 9.43. The standard InChI is InChI=1S/C21H24ClFN2O4S/c1-14-4-3-9-25(13-14)30(28,29)20-11-16(7-8-18(20)22)21(27)24-12-19(26)15-5-2-6-17(23)10-15/h2,5-8,10-11,14,19,26H,3-4,9,12-13H2,1H3,(H,24,27). The number of rotatable bonds is 6. The molecule has 0 saturated carbocycles. The van der Waals surface area contributed by atoms with Crippen molar-refractivity contribution in [2.45, 2.75) is 30.8 Å². The molecule has 0 spiro atoms. The molecule has 1 aliphatic heterocycles. The van der Waals surface area contributed by atoms with Crippen molar-refractivity contribution in [1.29, 1.82) is 0 Å². The molecule has 2 aromatic carbocycles. The van der Waals surface area contributed by atoms with Crippen molar-refractivity contribution < 1.29 is 22.7 Å². The Labute approximate surface area is 180 Å². The predicted octanol–water partition coefficient (Wildman–Crippen LogP) is 3.36. The number of sulfonamides is 1. The van der Waals surface area contributed by atoms with Crippen LogP contribution in [0.4, 0.5) is 4.39 Å². The fourth-order valence-corrected chi connectivity index (χ4v) is 5.57. The van der Waals surface area contributed by atoms with Crippen LogP contribution in [0.15, 0.2) is 47.4 Å². The molecular weight excluding hydrogens is 431 g/mol. The SMILES string of the molecule is CC1CCCN(S(=O)(=O)c2cc(C(=O)NCC(O)c3cccc(F)c3)ccc2Cl)C1. The Morgan fingerprint density at radius 1 is 1.33 bits per heavy atom. The lowest BCUT2D eigenvalue weighted by Crippen LogP contribution is -2.39. The molecule has 1 amide bonds. The van der Waals surface area contributed by atoms with Crippen LogP contribution in [-0.4, -0.2) is 43.4 Å². The number of carbonyl (C=O) groups excluding carboxylic acids is 1. The zero-order valence-electron chi connectivity index (χ0n) is 16.5.